The maximum Gasteiger partial charge on any atom is 0.222 e. The molecule has 0 bridgehead atoms. The second kappa shape index (κ2) is 9.68. The van der Waals surface area contributed by atoms with Crippen molar-refractivity contribution in [1.82, 2.24) is 9.97 Å². The highest BCUT2D eigenvalue weighted by atomic mass is 35.5. The summed E-state index contributed by atoms with van der Waals surface area (Å²) in [6.45, 7) is 2.65. The van der Waals surface area contributed by atoms with E-state index in [1.165, 1.54) is 6.26 Å². The van der Waals surface area contributed by atoms with Crippen LogP contribution in [-0.4, -0.2) is 36.9 Å². The van der Waals surface area contributed by atoms with Gasteiger partial charge in [-0.3, -0.25) is 0 Å². The number of thioether (sulfide) groups is 1. The number of nitrogens with zero attached hydrogens (tertiary/aromatic N) is 2. The molecule has 3 rings (SSSR count). The lowest BCUT2D eigenvalue weighted by molar-refractivity contribution is 0.602. The van der Waals surface area contributed by atoms with Crippen molar-refractivity contribution in [2.45, 2.75) is 17.6 Å². The van der Waals surface area contributed by atoms with Crippen molar-refractivity contribution >= 4 is 45.0 Å². The number of anilines is 2. The molecule has 2 aromatic carbocycles. The van der Waals surface area contributed by atoms with E-state index in [0.717, 1.165) is 33.9 Å². The van der Waals surface area contributed by atoms with Crippen molar-refractivity contribution in [3.63, 3.8) is 0 Å². The Kier molecular flexibility index (Phi) is 7.23. The number of hydrogen-bond donors (Lipinski definition) is 2. The zero-order valence-corrected chi connectivity index (χ0v) is 19.1. The Bertz CT molecular complexity index is 1140. The topological polar surface area (TPSA) is 98.0 Å². The van der Waals surface area contributed by atoms with Gasteiger partial charge < -0.3 is 11.1 Å². The van der Waals surface area contributed by atoms with E-state index in [9.17, 15) is 8.42 Å². The fourth-order valence-electron chi connectivity index (χ4n) is 2.85. The van der Waals surface area contributed by atoms with E-state index < -0.39 is 9.84 Å². The average molecular weight is 463 g/mol. The zero-order chi connectivity index (χ0) is 21.7. The van der Waals surface area contributed by atoms with E-state index in [0.29, 0.717) is 22.3 Å². The molecule has 0 spiro atoms. The first-order valence-corrected chi connectivity index (χ1v) is 12.7. The monoisotopic (exact) mass is 462 g/mol. The zero-order valence-electron chi connectivity index (χ0n) is 16.7. The van der Waals surface area contributed by atoms with E-state index in [-0.39, 0.29) is 5.95 Å². The minimum absolute atomic E-state index is 0.202. The van der Waals surface area contributed by atoms with Gasteiger partial charge in [-0.25, -0.2) is 13.4 Å². The molecule has 3 aromatic rings. The van der Waals surface area contributed by atoms with Crippen LogP contribution in [0, 0.1) is 6.92 Å². The van der Waals surface area contributed by atoms with Crippen LogP contribution in [0.15, 0.2) is 53.4 Å². The molecule has 6 nitrogen and oxygen atoms in total. The number of halogens is 1. The summed E-state index contributed by atoms with van der Waals surface area (Å²) < 4.78 is 23.0. The number of nitrogen functional groups attached to an aromatic ring is 1. The van der Waals surface area contributed by atoms with Crippen LogP contribution in [0.3, 0.4) is 0 Å². The van der Waals surface area contributed by atoms with Crippen molar-refractivity contribution in [3.05, 3.63) is 64.7 Å². The normalized spacial score (nSPS) is 11.4. The van der Waals surface area contributed by atoms with E-state index in [2.05, 4.69) is 15.3 Å². The van der Waals surface area contributed by atoms with Crippen LogP contribution in [0.5, 0.6) is 0 Å². The van der Waals surface area contributed by atoms with E-state index >= 15 is 0 Å². The van der Waals surface area contributed by atoms with E-state index in [1.54, 1.807) is 23.9 Å². The molecule has 158 valence electrons. The van der Waals surface area contributed by atoms with E-state index in [4.69, 9.17) is 17.3 Å². The third-order valence-corrected chi connectivity index (χ3v) is 7.03. The third kappa shape index (κ3) is 5.87. The fourth-order valence-corrected chi connectivity index (χ4v) is 4.48. The first kappa shape index (κ1) is 22.4. The van der Waals surface area contributed by atoms with Gasteiger partial charge in [-0.2, -0.15) is 16.7 Å². The van der Waals surface area contributed by atoms with Gasteiger partial charge in [0.15, 0.2) is 9.84 Å². The van der Waals surface area contributed by atoms with Crippen LogP contribution in [0.2, 0.25) is 5.02 Å². The van der Waals surface area contributed by atoms with Crippen molar-refractivity contribution in [2.75, 3.05) is 29.6 Å². The summed E-state index contributed by atoms with van der Waals surface area (Å²) in [5.41, 5.74) is 9.57. The minimum atomic E-state index is -3.16. The summed E-state index contributed by atoms with van der Waals surface area (Å²) in [6, 6.07) is 14.5. The standard InChI is InChI=1S/C21H23ClN4O2S2/c1-14-17(4-3-5-18(14)22)19-12-20(26-21(23)25-19)24-10-11-29-13-15-6-8-16(9-7-15)30(2,27)28/h3-9,12H,10-11,13H2,1-2H3,(H3,23,24,25,26). The second-order valence-electron chi connectivity index (χ2n) is 6.80. The van der Waals surface area contributed by atoms with E-state index in [1.807, 2.05) is 43.3 Å². The molecule has 30 heavy (non-hydrogen) atoms. The molecule has 1 aromatic heterocycles. The maximum absolute atomic E-state index is 11.5. The molecule has 0 aliphatic heterocycles. The Morgan fingerprint density at radius 2 is 1.87 bits per heavy atom. The highest BCUT2D eigenvalue weighted by Crippen LogP contribution is 2.28. The predicted molar refractivity (Wildman–Crippen MR) is 126 cm³/mol. The van der Waals surface area contributed by atoms with Crippen molar-refractivity contribution in [2.24, 2.45) is 0 Å². The molecule has 0 radical (unpaired) electrons. The fraction of sp³-hybridized carbons (Fsp3) is 0.238. The summed E-state index contributed by atoms with van der Waals surface area (Å²) in [4.78, 5) is 8.93. The quantitative estimate of drug-likeness (QED) is 0.477. The van der Waals surface area contributed by atoms with Crippen LogP contribution in [0.1, 0.15) is 11.1 Å². The van der Waals surface area contributed by atoms with Crippen LogP contribution in [0.4, 0.5) is 11.8 Å². The molecular formula is C21H23ClN4O2S2. The molecule has 0 aliphatic rings. The largest absolute Gasteiger partial charge is 0.369 e. The molecule has 0 amide bonds. The Morgan fingerprint density at radius 1 is 1.13 bits per heavy atom. The van der Waals surface area contributed by atoms with Crippen molar-refractivity contribution < 1.29 is 8.42 Å². The molecule has 0 saturated carbocycles. The molecule has 0 saturated heterocycles. The summed E-state index contributed by atoms with van der Waals surface area (Å²) in [5.74, 6) is 2.51. The van der Waals surface area contributed by atoms with Gasteiger partial charge >= 0.3 is 0 Å². The van der Waals surface area contributed by atoms with Gasteiger partial charge in [0, 0.05) is 41.0 Å². The molecule has 0 aliphatic carbocycles. The van der Waals surface area contributed by atoms with Gasteiger partial charge in [-0.1, -0.05) is 35.9 Å². The lowest BCUT2D eigenvalue weighted by Gasteiger charge is -2.11. The Balaban J connectivity index is 1.55. The molecule has 1 heterocycles. The smallest absolute Gasteiger partial charge is 0.222 e. The van der Waals surface area contributed by atoms with Crippen LogP contribution >= 0.6 is 23.4 Å². The Labute approximate surface area is 186 Å². The highest BCUT2D eigenvalue weighted by molar-refractivity contribution is 7.98. The third-order valence-electron chi connectivity index (χ3n) is 4.46. The number of benzene rings is 2. The summed E-state index contributed by atoms with van der Waals surface area (Å²) >= 11 is 7.96. The van der Waals surface area contributed by atoms with Gasteiger partial charge in [0.1, 0.15) is 5.82 Å². The molecule has 0 unspecified atom stereocenters. The first-order valence-electron chi connectivity index (χ1n) is 9.24. The molecule has 0 fully saturated rings. The number of sulfone groups is 1. The lowest BCUT2D eigenvalue weighted by Crippen LogP contribution is -2.08. The van der Waals surface area contributed by atoms with Crippen LogP contribution in [0.25, 0.3) is 11.3 Å². The highest BCUT2D eigenvalue weighted by Gasteiger charge is 2.10. The summed E-state index contributed by atoms with van der Waals surface area (Å²) in [6.07, 6.45) is 1.21. The lowest BCUT2D eigenvalue weighted by atomic mass is 10.1. The summed E-state index contributed by atoms with van der Waals surface area (Å²) in [7, 11) is -3.16. The van der Waals surface area contributed by atoms with Crippen LogP contribution < -0.4 is 11.1 Å². The van der Waals surface area contributed by atoms with Crippen LogP contribution in [-0.2, 0) is 15.6 Å². The van der Waals surface area contributed by atoms with Gasteiger partial charge in [-0.05, 0) is 36.2 Å². The van der Waals surface area contributed by atoms with Crippen molar-refractivity contribution in [3.8, 4) is 11.3 Å². The average Bonchev–Trinajstić information content (AvgIpc) is 2.69. The second-order valence-corrected chi connectivity index (χ2v) is 10.3. The van der Waals surface area contributed by atoms with Gasteiger partial charge in [0.25, 0.3) is 0 Å². The number of hydrogen-bond acceptors (Lipinski definition) is 7. The SMILES string of the molecule is Cc1c(Cl)cccc1-c1cc(NCCSCc2ccc(S(C)(=O)=O)cc2)nc(N)n1. The Hall–Kier alpha value is -2.29. The van der Waals surface area contributed by atoms with Gasteiger partial charge in [0.05, 0.1) is 10.6 Å². The minimum Gasteiger partial charge on any atom is -0.369 e. The molecule has 0 atom stereocenters. The molecule has 3 N–H and O–H groups in total. The number of rotatable bonds is 8. The van der Waals surface area contributed by atoms with Gasteiger partial charge in [0.2, 0.25) is 5.95 Å². The molecular weight excluding hydrogens is 440 g/mol. The first-order chi connectivity index (χ1) is 14.2. The number of aromatic nitrogens is 2. The predicted octanol–water partition coefficient (Wildman–Crippen LogP) is 4.44. The summed E-state index contributed by atoms with van der Waals surface area (Å²) in [5, 5.41) is 3.96. The maximum atomic E-state index is 11.5. The molecule has 9 heteroatoms. The number of nitrogens with two attached hydrogens (primary N) is 1. The number of nitrogens with one attached hydrogen (secondary N) is 1. The van der Waals surface area contributed by atoms with Gasteiger partial charge in [-0.15, -0.1) is 0 Å². The van der Waals surface area contributed by atoms with Crippen molar-refractivity contribution in [1.29, 1.82) is 0 Å². The Morgan fingerprint density at radius 3 is 2.57 bits per heavy atom.